The van der Waals surface area contributed by atoms with Crippen molar-refractivity contribution in [2.24, 2.45) is 0 Å². The molecule has 0 saturated heterocycles. The van der Waals surface area contributed by atoms with Gasteiger partial charge in [-0.05, 0) is 43.0 Å². The summed E-state index contributed by atoms with van der Waals surface area (Å²) in [4.78, 5) is 24.3. The summed E-state index contributed by atoms with van der Waals surface area (Å²) in [6.45, 7) is 4.81. The van der Waals surface area contributed by atoms with Crippen LogP contribution < -0.4 is 10.6 Å². The van der Waals surface area contributed by atoms with Crippen molar-refractivity contribution in [1.82, 2.24) is 5.32 Å². The molecule has 0 aromatic heterocycles. The number of anilines is 1. The van der Waals surface area contributed by atoms with E-state index in [4.69, 9.17) is 4.74 Å². The van der Waals surface area contributed by atoms with E-state index in [2.05, 4.69) is 16.7 Å². The number of nitrogens with one attached hydrogen (secondary N) is 2. The van der Waals surface area contributed by atoms with E-state index in [1.807, 2.05) is 50.2 Å². The van der Waals surface area contributed by atoms with Crippen molar-refractivity contribution in [2.45, 2.75) is 26.4 Å². The molecule has 2 N–H and O–H groups in total. The summed E-state index contributed by atoms with van der Waals surface area (Å²) in [7, 11) is -1.58. The molecule has 6 nitrogen and oxygen atoms in total. The average Bonchev–Trinajstić information content (AvgIpc) is 2.68. The van der Waals surface area contributed by atoms with Gasteiger partial charge in [0.15, 0.2) is 0 Å². The van der Waals surface area contributed by atoms with E-state index in [0.717, 1.165) is 23.1 Å². The van der Waals surface area contributed by atoms with Crippen molar-refractivity contribution in [1.29, 1.82) is 0 Å². The summed E-state index contributed by atoms with van der Waals surface area (Å²) in [6.07, 6.45) is 0.658. The highest BCUT2D eigenvalue weighted by molar-refractivity contribution is 7.86. The van der Waals surface area contributed by atoms with Gasteiger partial charge >= 0.3 is 0 Å². The summed E-state index contributed by atoms with van der Waals surface area (Å²) in [6, 6.07) is 13.7. The monoisotopic (exact) mass is 414 g/mol. The normalized spacial score (nSPS) is 16.6. The molecule has 0 spiro atoms. The molecule has 0 radical (unpaired) electrons. The van der Waals surface area contributed by atoms with Crippen LogP contribution in [-0.4, -0.2) is 40.7 Å². The van der Waals surface area contributed by atoms with Gasteiger partial charge in [-0.25, -0.2) is 0 Å². The van der Waals surface area contributed by atoms with Crippen molar-refractivity contribution in [3.05, 3.63) is 64.7 Å². The van der Waals surface area contributed by atoms with Gasteiger partial charge in [0.2, 0.25) is 11.8 Å². The number of carbonyl (C=O) groups excluding carboxylic acids is 2. The van der Waals surface area contributed by atoms with Gasteiger partial charge in [0.05, 0.1) is 6.61 Å². The Bertz CT molecular complexity index is 929. The predicted octanol–water partition coefficient (Wildman–Crippen LogP) is 2.42. The van der Waals surface area contributed by atoms with Crippen molar-refractivity contribution in [3.63, 3.8) is 0 Å². The second-order valence-corrected chi connectivity index (χ2v) is 8.66. The largest absolute Gasteiger partial charge is 0.371 e. The molecule has 2 amide bonds. The molecule has 0 unspecified atom stereocenters. The number of fused-ring (bicyclic) bond motifs is 1. The molecule has 1 heterocycles. The fraction of sp³-hybridized carbons (Fsp3) is 0.364. The van der Waals surface area contributed by atoms with Crippen LogP contribution in [-0.2, 0) is 31.5 Å². The highest BCUT2D eigenvalue weighted by Gasteiger charge is 2.21. The Labute approximate surface area is 173 Å². The third kappa shape index (κ3) is 5.98. The van der Waals surface area contributed by atoms with Gasteiger partial charge in [0.25, 0.3) is 0 Å². The summed E-state index contributed by atoms with van der Waals surface area (Å²) in [5.74, 6) is -1.15. The number of amides is 2. The van der Waals surface area contributed by atoms with Crippen LogP contribution in [0, 0.1) is 13.8 Å². The standard InChI is InChI=1S/C22H26N2O4S/c1-15-7-8-19(16(2)11-15)24-22(26)14-29(27)13-21(25)23-12-20-18-6-4-3-5-17(18)9-10-28-20/h3-8,11,20H,9-10,12-14H2,1-2H3,(H,23,25)(H,24,26)/t20-,29+/m0/s1. The number of hydrogen-bond acceptors (Lipinski definition) is 4. The van der Waals surface area contributed by atoms with Crippen LogP contribution in [0.15, 0.2) is 42.5 Å². The molecule has 0 bridgehead atoms. The summed E-state index contributed by atoms with van der Waals surface area (Å²) >= 11 is 0. The maximum atomic E-state index is 12.2. The van der Waals surface area contributed by atoms with Crippen molar-refractivity contribution in [3.8, 4) is 0 Å². The number of hydrogen-bond donors (Lipinski definition) is 2. The lowest BCUT2D eigenvalue weighted by Gasteiger charge is -2.26. The molecule has 2 atom stereocenters. The topological polar surface area (TPSA) is 84.5 Å². The lowest BCUT2D eigenvalue weighted by atomic mass is 9.97. The van der Waals surface area contributed by atoms with Gasteiger partial charge in [0.1, 0.15) is 17.6 Å². The Morgan fingerprint density at radius 2 is 1.86 bits per heavy atom. The van der Waals surface area contributed by atoms with E-state index >= 15 is 0 Å². The van der Waals surface area contributed by atoms with Gasteiger partial charge < -0.3 is 15.4 Å². The maximum absolute atomic E-state index is 12.2. The van der Waals surface area contributed by atoms with Crippen LogP contribution in [0.5, 0.6) is 0 Å². The third-order valence-electron chi connectivity index (χ3n) is 4.82. The van der Waals surface area contributed by atoms with Crippen molar-refractivity contribution >= 4 is 28.3 Å². The first-order chi connectivity index (χ1) is 13.9. The zero-order chi connectivity index (χ0) is 20.8. The van der Waals surface area contributed by atoms with Crippen LogP contribution in [0.4, 0.5) is 5.69 Å². The van der Waals surface area contributed by atoms with E-state index in [0.29, 0.717) is 18.8 Å². The summed E-state index contributed by atoms with van der Waals surface area (Å²) in [5.41, 5.74) is 5.03. The van der Waals surface area contributed by atoms with Gasteiger partial charge in [-0.3, -0.25) is 13.8 Å². The van der Waals surface area contributed by atoms with Crippen LogP contribution in [0.1, 0.15) is 28.4 Å². The Hall–Kier alpha value is -2.51. The third-order valence-corrected chi connectivity index (χ3v) is 5.99. The molecular weight excluding hydrogens is 388 g/mol. The molecule has 0 fully saturated rings. The maximum Gasteiger partial charge on any atom is 0.237 e. The Morgan fingerprint density at radius 3 is 2.66 bits per heavy atom. The zero-order valence-electron chi connectivity index (χ0n) is 16.7. The van der Waals surface area contributed by atoms with Gasteiger partial charge in [-0.2, -0.15) is 0 Å². The Balaban J connectivity index is 1.45. The van der Waals surface area contributed by atoms with Gasteiger partial charge in [-0.1, -0.05) is 42.0 Å². The van der Waals surface area contributed by atoms with Crippen molar-refractivity contribution in [2.75, 3.05) is 30.0 Å². The van der Waals surface area contributed by atoms with Crippen molar-refractivity contribution < 1.29 is 18.5 Å². The minimum atomic E-state index is -1.58. The first kappa shape index (κ1) is 21.2. The number of carbonyl (C=O) groups is 2. The van der Waals surface area contributed by atoms with Crippen LogP contribution in [0.3, 0.4) is 0 Å². The number of ether oxygens (including phenoxy) is 1. The fourth-order valence-electron chi connectivity index (χ4n) is 3.39. The van der Waals surface area contributed by atoms with Crippen LogP contribution in [0.25, 0.3) is 0 Å². The van der Waals surface area contributed by atoms with Crippen LogP contribution >= 0.6 is 0 Å². The Morgan fingerprint density at radius 1 is 1.10 bits per heavy atom. The second-order valence-electron chi connectivity index (χ2n) is 7.21. The highest BCUT2D eigenvalue weighted by Crippen LogP contribution is 2.26. The van der Waals surface area contributed by atoms with E-state index in [9.17, 15) is 13.8 Å². The van der Waals surface area contributed by atoms with Crippen LogP contribution in [0.2, 0.25) is 0 Å². The fourth-order valence-corrected chi connectivity index (χ4v) is 4.25. The molecule has 2 aromatic rings. The highest BCUT2D eigenvalue weighted by atomic mass is 32.2. The van der Waals surface area contributed by atoms with E-state index in [-0.39, 0.29) is 29.4 Å². The zero-order valence-corrected chi connectivity index (χ0v) is 17.5. The lowest BCUT2D eigenvalue weighted by molar-refractivity contribution is -0.119. The van der Waals surface area contributed by atoms with E-state index < -0.39 is 10.8 Å². The quantitative estimate of drug-likeness (QED) is 0.729. The van der Waals surface area contributed by atoms with Gasteiger partial charge in [0, 0.05) is 23.0 Å². The molecule has 7 heteroatoms. The summed E-state index contributed by atoms with van der Waals surface area (Å²) < 4.78 is 18.0. The molecule has 154 valence electrons. The SMILES string of the molecule is Cc1ccc(NC(=O)C[S@](=O)CC(=O)NC[C@@H]2OCCc3ccccc32)c(C)c1. The molecule has 2 aromatic carbocycles. The average molecular weight is 415 g/mol. The molecular formula is C22H26N2O4S. The number of aryl methyl sites for hydroxylation is 2. The molecule has 3 rings (SSSR count). The minimum Gasteiger partial charge on any atom is -0.371 e. The predicted molar refractivity (Wildman–Crippen MR) is 114 cm³/mol. The molecule has 0 aliphatic carbocycles. The molecule has 29 heavy (non-hydrogen) atoms. The first-order valence-electron chi connectivity index (χ1n) is 9.60. The van der Waals surface area contributed by atoms with Gasteiger partial charge in [-0.15, -0.1) is 0 Å². The van der Waals surface area contributed by atoms with E-state index in [1.54, 1.807) is 0 Å². The molecule has 1 aliphatic heterocycles. The second kappa shape index (κ2) is 9.80. The molecule has 1 aliphatic rings. The Kier molecular flexibility index (Phi) is 7.17. The molecule has 0 saturated carbocycles. The number of benzene rings is 2. The first-order valence-corrected chi connectivity index (χ1v) is 11.1. The smallest absolute Gasteiger partial charge is 0.237 e. The number of rotatable bonds is 7. The summed E-state index contributed by atoms with van der Waals surface area (Å²) in [5, 5.41) is 5.53. The minimum absolute atomic E-state index is 0.204. The lowest BCUT2D eigenvalue weighted by Crippen LogP contribution is -2.35. The van der Waals surface area contributed by atoms with E-state index in [1.165, 1.54) is 5.56 Å².